The zero-order valence-corrected chi connectivity index (χ0v) is 17.4. The third-order valence-corrected chi connectivity index (χ3v) is 5.93. The van der Waals surface area contributed by atoms with Crippen LogP contribution >= 0.6 is 0 Å². The standard InChI is InChI=1S/C24H27N3O3/c1-17(2)13-15-25-23(30)24-14-12-21(28)27(24)20-11-7-6-10-19(20)22(29)26(24)16-18-8-4-3-5-9-18/h3-11,17H,12-16H2,1-2H3,(H,25,30). The highest BCUT2D eigenvalue weighted by Crippen LogP contribution is 2.45. The first-order valence-electron chi connectivity index (χ1n) is 10.5. The Kier molecular flexibility index (Phi) is 5.33. The van der Waals surface area contributed by atoms with Gasteiger partial charge in [0, 0.05) is 25.9 Å². The maximum Gasteiger partial charge on any atom is 0.267 e. The summed E-state index contributed by atoms with van der Waals surface area (Å²) in [5, 5.41) is 3.01. The molecule has 1 unspecified atom stereocenters. The van der Waals surface area contributed by atoms with Gasteiger partial charge in [0.05, 0.1) is 11.3 Å². The summed E-state index contributed by atoms with van der Waals surface area (Å²) in [7, 11) is 0. The van der Waals surface area contributed by atoms with Gasteiger partial charge in [0.1, 0.15) is 0 Å². The number of fused-ring (bicyclic) bond motifs is 3. The Hall–Kier alpha value is -3.15. The maximum atomic E-state index is 13.6. The highest BCUT2D eigenvalue weighted by molar-refractivity contribution is 6.16. The Balaban J connectivity index is 1.80. The average molecular weight is 405 g/mol. The average Bonchev–Trinajstić information content (AvgIpc) is 3.10. The molecule has 6 nitrogen and oxygen atoms in total. The molecule has 4 rings (SSSR count). The van der Waals surface area contributed by atoms with Gasteiger partial charge in [0.2, 0.25) is 11.6 Å². The summed E-state index contributed by atoms with van der Waals surface area (Å²) >= 11 is 0. The molecule has 1 fully saturated rings. The van der Waals surface area contributed by atoms with Crippen LogP contribution in [-0.2, 0) is 16.1 Å². The lowest BCUT2D eigenvalue weighted by Gasteiger charge is -2.49. The monoisotopic (exact) mass is 405 g/mol. The smallest absolute Gasteiger partial charge is 0.267 e. The molecule has 30 heavy (non-hydrogen) atoms. The maximum absolute atomic E-state index is 13.6. The van der Waals surface area contributed by atoms with Gasteiger partial charge in [0.25, 0.3) is 11.8 Å². The van der Waals surface area contributed by atoms with Crippen molar-refractivity contribution in [3.8, 4) is 0 Å². The zero-order chi connectivity index (χ0) is 21.3. The van der Waals surface area contributed by atoms with E-state index in [0.29, 0.717) is 23.7 Å². The van der Waals surface area contributed by atoms with Crippen molar-refractivity contribution in [3.63, 3.8) is 0 Å². The van der Waals surface area contributed by atoms with Gasteiger partial charge < -0.3 is 10.2 Å². The van der Waals surface area contributed by atoms with Crippen LogP contribution in [0.3, 0.4) is 0 Å². The van der Waals surface area contributed by atoms with Crippen LogP contribution in [0.1, 0.15) is 49.0 Å². The summed E-state index contributed by atoms with van der Waals surface area (Å²) in [6, 6.07) is 16.7. The van der Waals surface area contributed by atoms with E-state index in [9.17, 15) is 14.4 Å². The first kappa shape index (κ1) is 20.1. The van der Waals surface area contributed by atoms with Gasteiger partial charge in [-0.2, -0.15) is 0 Å². The highest BCUT2D eigenvalue weighted by Gasteiger charge is 2.60. The predicted octanol–water partition coefficient (Wildman–Crippen LogP) is 3.33. The van der Waals surface area contributed by atoms with Crippen molar-refractivity contribution >= 4 is 23.4 Å². The van der Waals surface area contributed by atoms with E-state index < -0.39 is 5.66 Å². The third-order valence-electron chi connectivity index (χ3n) is 5.93. The summed E-state index contributed by atoms with van der Waals surface area (Å²) in [5.41, 5.74) is 0.552. The number of hydrogen-bond donors (Lipinski definition) is 1. The largest absolute Gasteiger partial charge is 0.352 e. The van der Waals surface area contributed by atoms with E-state index in [-0.39, 0.29) is 37.1 Å². The van der Waals surface area contributed by atoms with E-state index in [0.717, 1.165) is 12.0 Å². The Morgan fingerprint density at radius 3 is 2.50 bits per heavy atom. The van der Waals surface area contributed by atoms with E-state index in [4.69, 9.17) is 0 Å². The van der Waals surface area contributed by atoms with Crippen molar-refractivity contribution in [2.45, 2.75) is 45.3 Å². The van der Waals surface area contributed by atoms with Crippen LogP contribution in [0, 0.1) is 5.92 Å². The van der Waals surface area contributed by atoms with Gasteiger partial charge in [-0.3, -0.25) is 19.3 Å². The lowest BCUT2D eigenvalue weighted by molar-refractivity contribution is -0.134. The minimum atomic E-state index is -1.34. The van der Waals surface area contributed by atoms with Crippen molar-refractivity contribution in [1.29, 1.82) is 0 Å². The number of anilines is 1. The number of benzene rings is 2. The van der Waals surface area contributed by atoms with Gasteiger partial charge in [-0.05, 0) is 30.0 Å². The SMILES string of the molecule is CC(C)CCNC(=O)C12CCC(=O)N1c1ccccc1C(=O)N2Cc1ccccc1. The van der Waals surface area contributed by atoms with E-state index in [1.807, 2.05) is 30.3 Å². The number of nitrogens with zero attached hydrogens (tertiary/aromatic N) is 2. The molecule has 0 aliphatic carbocycles. The summed E-state index contributed by atoms with van der Waals surface area (Å²) in [6.07, 6.45) is 1.34. The van der Waals surface area contributed by atoms with Crippen molar-refractivity contribution in [2.24, 2.45) is 5.92 Å². The molecule has 1 atom stereocenters. The lowest BCUT2D eigenvalue weighted by atomic mass is 9.94. The molecule has 0 bridgehead atoms. The van der Waals surface area contributed by atoms with Crippen molar-refractivity contribution in [2.75, 3.05) is 11.4 Å². The fraction of sp³-hybridized carbons (Fsp3) is 0.375. The molecule has 0 saturated carbocycles. The second-order valence-corrected chi connectivity index (χ2v) is 8.38. The molecule has 1 N–H and O–H groups in total. The Morgan fingerprint density at radius 1 is 1.07 bits per heavy atom. The Morgan fingerprint density at radius 2 is 1.77 bits per heavy atom. The van der Waals surface area contributed by atoms with Crippen LogP contribution in [0.15, 0.2) is 54.6 Å². The zero-order valence-electron chi connectivity index (χ0n) is 17.4. The normalized spacial score (nSPS) is 20.4. The Labute approximate surface area is 176 Å². The fourth-order valence-corrected chi connectivity index (χ4v) is 4.39. The molecule has 6 heteroatoms. The van der Waals surface area contributed by atoms with Crippen LogP contribution in [0.5, 0.6) is 0 Å². The number of amides is 3. The van der Waals surface area contributed by atoms with Crippen LogP contribution in [0.2, 0.25) is 0 Å². The van der Waals surface area contributed by atoms with E-state index in [1.165, 1.54) is 0 Å². The minimum Gasteiger partial charge on any atom is -0.352 e. The summed E-state index contributed by atoms with van der Waals surface area (Å²) in [4.78, 5) is 43.3. The van der Waals surface area contributed by atoms with E-state index in [1.54, 1.807) is 34.1 Å². The Bertz CT molecular complexity index is 973. The topological polar surface area (TPSA) is 69.7 Å². The molecule has 2 aromatic rings. The predicted molar refractivity (Wildman–Crippen MR) is 115 cm³/mol. The summed E-state index contributed by atoms with van der Waals surface area (Å²) in [5.74, 6) is -0.197. The molecular formula is C24H27N3O3. The first-order valence-corrected chi connectivity index (χ1v) is 10.5. The van der Waals surface area contributed by atoms with Gasteiger partial charge in [-0.25, -0.2) is 0 Å². The van der Waals surface area contributed by atoms with Crippen LogP contribution in [0.4, 0.5) is 5.69 Å². The van der Waals surface area contributed by atoms with Crippen molar-refractivity contribution < 1.29 is 14.4 Å². The van der Waals surface area contributed by atoms with Crippen LogP contribution in [-0.4, -0.2) is 34.8 Å². The van der Waals surface area contributed by atoms with Gasteiger partial charge in [-0.15, -0.1) is 0 Å². The van der Waals surface area contributed by atoms with Gasteiger partial charge in [0.15, 0.2) is 0 Å². The van der Waals surface area contributed by atoms with E-state index >= 15 is 0 Å². The molecular weight excluding hydrogens is 378 g/mol. The first-order chi connectivity index (χ1) is 14.4. The second kappa shape index (κ2) is 7.94. The number of para-hydroxylation sites is 1. The van der Waals surface area contributed by atoms with Gasteiger partial charge >= 0.3 is 0 Å². The van der Waals surface area contributed by atoms with Crippen molar-refractivity contribution in [3.05, 3.63) is 65.7 Å². The fourth-order valence-electron chi connectivity index (χ4n) is 4.39. The molecule has 0 radical (unpaired) electrons. The molecule has 2 aliphatic rings. The molecule has 3 amide bonds. The quantitative estimate of drug-likeness (QED) is 0.801. The van der Waals surface area contributed by atoms with Crippen LogP contribution < -0.4 is 10.2 Å². The molecule has 2 aromatic carbocycles. The molecule has 1 saturated heterocycles. The minimum absolute atomic E-state index is 0.132. The van der Waals surface area contributed by atoms with E-state index in [2.05, 4.69) is 19.2 Å². The summed E-state index contributed by atoms with van der Waals surface area (Å²) in [6.45, 7) is 4.96. The second-order valence-electron chi connectivity index (χ2n) is 8.38. The number of carbonyl (C=O) groups is 3. The molecule has 156 valence electrons. The molecule has 2 heterocycles. The number of hydrogen-bond acceptors (Lipinski definition) is 3. The third kappa shape index (κ3) is 3.26. The summed E-state index contributed by atoms with van der Waals surface area (Å²) < 4.78 is 0. The molecule has 0 spiro atoms. The molecule has 0 aromatic heterocycles. The van der Waals surface area contributed by atoms with Crippen LogP contribution in [0.25, 0.3) is 0 Å². The number of nitrogens with one attached hydrogen (secondary N) is 1. The number of carbonyl (C=O) groups excluding carboxylic acids is 3. The van der Waals surface area contributed by atoms with Gasteiger partial charge in [-0.1, -0.05) is 56.3 Å². The highest BCUT2D eigenvalue weighted by atomic mass is 16.2. The van der Waals surface area contributed by atoms with Crippen molar-refractivity contribution in [1.82, 2.24) is 10.2 Å². The molecule has 2 aliphatic heterocycles. The lowest BCUT2D eigenvalue weighted by Crippen LogP contribution is -2.70. The number of rotatable bonds is 6.